The van der Waals surface area contributed by atoms with Crippen molar-refractivity contribution in [2.24, 2.45) is 0 Å². The second-order valence-electron chi connectivity index (χ2n) is 10.7. The van der Waals surface area contributed by atoms with Crippen LogP contribution in [0, 0.1) is 0 Å². The molecule has 4 N–H and O–H groups in total. The number of aliphatic carboxylic acids is 2. The molecule has 0 amide bonds. The Morgan fingerprint density at radius 3 is 1.35 bits per heavy atom. The number of carboxylic acid groups (broad SMARTS) is 2. The van der Waals surface area contributed by atoms with Crippen molar-refractivity contribution in [3.8, 4) is 23.0 Å². The third-order valence-corrected chi connectivity index (χ3v) is 7.50. The first-order valence-corrected chi connectivity index (χ1v) is 15.3. The normalized spacial score (nSPS) is 17.9. The molecule has 1 heterocycles. The molecule has 256 valence electrons. The minimum Gasteiger partial charge on any atom is -0.493 e. The van der Waals surface area contributed by atoms with E-state index in [2.05, 4.69) is 10.6 Å². The molecule has 0 saturated heterocycles. The molecule has 0 unspecified atom stereocenters. The van der Waals surface area contributed by atoms with E-state index in [0.29, 0.717) is 73.3 Å². The second kappa shape index (κ2) is 19.4. The van der Waals surface area contributed by atoms with Crippen LogP contribution in [0.25, 0.3) is 0 Å². The predicted octanol–water partition coefficient (Wildman–Crippen LogP) is 6.11. The van der Waals surface area contributed by atoms with Crippen molar-refractivity contribution in [2.45, 2.75) is 37.1 Å². The summed E-state index contributed by atoms with van der Waals surface area (Å²) in [6.07, 6.45) is -1.49. The standard InChI is InChI=1S/C36H38N2O8.2ClH/c39-35(40)33(45-25-13-3-1-4-14-25)31-27-17-7-9-19-29(27)43-23-12-24-44-30-20-10-8-18-28(30)32(38-22-11-21-37-31)34(36(41)42)46-26-15-5-2-6-16-26;;/h1-10,13-20,31-34,37-38H,11-12,21-24H2,(H,39,40)(H,41,42);2*1H/t31-,32-,33+,34+;;/m1../s1. The fraction of sp³-hybridized carbons (Fsp3) is 0.278. The summed E-state index contributed by atoms with van der Waals surface area (Å²) in [5.41, 5.74) is 1.30. The summed E-state index contributed by atoms with van der Waals surface area (Å²) >= 11 is 0. The van der Waals surface area contributed by atoms with Crippen LogP contribution in [-0.2, 0) is 9.59 Å². The van der Waals surface area contributed by atoms with Crippen LogP contribution in [-0.4, -0.2) is 60.7 Å². The fourth-order valence-electron chi connectivity index (χ4n) is 5.34. The van der Waals surface area contributed by atoms with Gasteiger partial charge in [0.2, 0.25) is 12.2 Å². The van der Waals surface area contributed by atoms with Gasteiger partial charge in [0.25, 0.3) is 0 Å². The average molecular weight is 700 g/mol. The first-order chi connectivity index (χ1) is 22.5. The third kappa shape index (κ3) is 10.3. The predicted molar refractivity (Wildman–Crippen MR) is 186 cm³/mol. The second-order valence-corrected chi connectivity index (χ2v) is 10.7. The average Bonchev–Trinajstić information content (AvgIpc) is 3.07. The maximum Gasteiger partial charge on any atom is 0.346 e. The zero-order valence-electron chi connectivity index (χ0n) is 26.1. The monoisotopic (exact) mass is 698 g/mol. The van der Waals surface area contributed by atoms with Crippen LogP contribution in [0.15, 0.2) is 109 Å². The highest BCUT2D eigenvalue weighted by atomic mass is 35.5. The smallest absolute Gasteiger partial charge is 0.346 e. The Morgan fingerprint density at radius 2 is 0.958 bits per heavy atom. The zero-order valence-corrected chi connectivity index (χ0v) is 27.7. The summed E-state index contributed by atoms with van der Waals surface area (Å²) < 4.78 is 24.4. The molecule has 0 saturated carbocycles. The Morgan fingerprint density at radius 1 is 0.583 bits per heavy atom. The van der Waals surface area contributed by atoms with Gasteiger partial charge >= 0.3 is 11.9 Å². The number of fused-ring (bicyclic) bond motifs is 2. The Bertz CT molecular complexity index is 1450. The van der Waals surface area contributed by atoms with E-state index in [0.717, 1.165) is 0 Å². The van der Waals surface area contributed by atoms with Crippen LogP contribution in [0.2, 0.25) is 0 Å². The molecule has 0 radical (unpaired) electrons. The molecule has 0 spiro atoms. The molecule has 48 heavy (non-hydrogen) atoms. The Balaban J connectivity index is 0.00000312. The summed E-state index contributed by atoms with van der Waals surface area (Å²) in [5, 5.41) is 27.4. The van der Waals surface area contributed by atoms with Crippen LogP contribution in [0.1, 0.15) is 36.1 Å². The lowest BCUT2D eigenvalue weighted by Crippen LogP contribution is -2.44. The Hall–Kier alpha value is -4.48. The van der Waals surface area contributed by atoms with Gasteiger partial charge in [-0.05, 0) is 55.9 Å². The van der Waals surface area contributed by atoms with Crippen molar-refractivity contribution >= 4 is 36.8 Å². The number of carbonyl (C=O) groups is 2. The number of rotatable bonds is 8. The molecule has 12 heteroatoms. The molecule has 0 aliphatic carbocycles. The van der Waals surface area contributed by atoms with Crippen LogP contribution < -0.4 is 29.6 Å². The molecule has 4 aromatic carbocycles. The molecule has 1 aliphatic rings. The van der Waals surface area contributed by atoms with Crippen molar-refractivity contribution in [3.05, 3.63) is 120 Å². The van der Waals surface area contributed by atoms with Crippen molar-refractivity contribution < 1.29 is 38.7 Å². The summed E-state index contributed by atoms with van der Waals surface area (Å²) in [7, 11) is 0. The fourth-order valence-corrected chi connectivity index (χ4v) is 5.34. The molecule has 1 aliphatic heterocycles. The van der Waals surface area contributed by atoms with Gasteiger partial charge in [-0.1, -0.05) is 72.8 Å². The number of benzene rings is 4. The number of halogens is 2. The molecule has 10 nitrogen and oxygen atoms in total. The van der Waals surface area contributed by atoms with Crippen LogP contribution in [0.5, 0.6) is 23.0 Å². The highest BCUT2D eigenvalue weighted by Crippen LogP contribution is 2.32. The minimum atomic E-state index is -1.27. The number of hydrogen-bond acceptors (Lipinski definition) is 8. The van der Waals surface area contributed by atoms with Crippen LogP contribution >= 0.6 is 24.8 Å². The van der Waals surface area contributed by atoms with Crippen molar-refractivity contribution in [3.63, 3.8) is 0 Å². The van der Waals surface area contributed by atoms with E-state index in [4.69, 9.17) is 18.9 Å². The van der Waals surface area contributed by atoms with Gasteiger partial charge in [-0.15, -0.1) is 24.8 Å². The lowest BCUT2D eigenvalue weighted by atomic mass is 9.99. The van der Waals surface area contributed by atoms with E-state index in [1.165, 1.54) is 0 Å². The minimum absolute atomic E-state index is 0. The van der Waals surface area contributed by atoms with E-state index in [9.17, 15) is 19.8 Å². The Kier molecular flexibility index (Phi) is 15.3. The van der Waals surface area contributed by atoms with Gasteiger partial charge in [-0.3, -0.25) is 0 Å². The van der Waals surface area contributed by atoms with Crippen LogP contribution in [0.3, 0.4) is 0 Å². The molecular formula is C36H40Cl2N2O8. The molecule has 0 fully saturated rings. The lowest BCUT2D eigenvalue weighted by molar-refractivity contribution is -0.147. The molecule has 4 aromatic rings. The van der Waals surface area contributed by atoms with Gasteiger partial charge < -0.3 is 39.8 Å². The van der Waals surface area contributed by atoms with Gasteiger partial charge in [0.05, 0.1) is 25.3 Å². The van der Waals surface area contributed by atoms with Gasteiger partial charge in [-0.2, -0.15) is 0 Å². The van der Waals surface area contributed by atoms with Gasteiger partial charge in [0.1, 0.15) is 23.0 Å². The molecule has 5 rings (SSSR count). The number of hydrogen-bond donors (Lipinski definition) is 4. The highest BCUT2D eigenvalue weighted by Gasteiger charge is 2.35. The van der Waals surface area contributed by atoms with E-state index in [1.54, 1.807) is 48.5 Å². The lowest BCUT2D eigenvalue weighted by Gasteiger charge is -2.29. The first kappa shape index (κ1) is 38.0. The van der Waals surface area contributed by atoms with E-state index < -0.39 is 36.2 Å². The summed E-state index contributed by atoms with van der Waals surface area (Å²) in [6.45, 7) is 1.38. The highest BCUT2D eigenvalue weighted by molar-refractivity contribution is 5.85. The number of carboxylic acids is 2. The SMILES string of the molecule is Cl.Cl.O=C(O)[C@@H](Oc1ccccc1)[C@@H]1NCCCN[C@@H]([C@H](Oc2ccccc2)C(=O)O)c2ccccc2OCCCOc2ccccc21. The molecule has 0 aromatic heterocycles. The number of ether oxygens (including phenoxy) is 4. The number of para-hydroxylation sites is 4. The van der Waals surface area contributed by atoms with Gasteiger partial charge in [0.15, 0.2) is 0 Å². The third-order valence-electron chi connectivity index (χ3n) is 7.50. The molecular weight excluding hydrogens is 659 g/mol. The maximum absolute atomic E-state index is 12.6. The topological polar surface area (TPSA) is 136 Å². The summed E-state index contributed by atoms with van der Waals surface area (Å²) in [4.78, 5) is 25.2. The summed E-state index contributed by atoms with van der Waals surface area (Å²) in [5.74, 6) is -0.291. The van der Waals surface area contributed by atoms with Crippen molar-refractivity contribution in [1.29, 1.82) is 0 Å². The first-order valence-electron chi connectivity index (χ1n) is 15.3. The Labute approximate surface area is 292 Å². The largest absolute Gasteiger partial charge is 0.493 e. The van der Waals surface area contributed by atoms with Crippen molar-refractivity contribution in [1.82, 2.24) is 10.6 Å². The van der Waals surface area contributed by atoms with E-state index in [1.807, 2.05) is 60.7 Å². The quantitative estimate of drug-likeness (QED) is 0.171. The summed E-state index contributed by atoms with van der Waals surface area (Å²) in [6, 6.07) is 30.8. The van der Waals surface area contributed by atoms with E-state index in [-0.39, 0.29) is 24.8 Å². The molecule has 0 bridgehead atoms. The van der Waals surface area contributed by atoms with Crippen molar-refractivity contribution in [2.75, 3.05) is 26.3 Å². The number of nitrogens with one attached hydrogen (secondary N) is 2. The maximum atomic E-state index is 12.6. The van der Waals surface area contributed by atoms with Gasteiger partial charge in [0, 0.05) is 17.5 Å². The van der Waals surface area contributed by atoms with Crippen LogP contribution in [0.4, 0.5) is 0 Å². The zero-order chi connectivity index (χ0) is 32.1. The van der Waals surface area contributed by atoms with Gasteiger partial charge in [-0.25, -0.2) is 9.59 Å². The molecule has 4 atom stereocenters. The van der Waals surface area contributed by atoms with E-state index >= 15 is 0 Å².